The quantitative estimate of drug-likeness (QED) is 0.459. The Bertz CT molecular complexity index is 1230. The zero-order chi connectivity index (χ0) is 23.5. The van der Waals surface area contributed by atoms with Crippen molar-refractivity contribution < 1.29 is 5.11 Å². The van der Waals surface area contributed by atoms with E-state index in [1.165, 1.54) is 10.9 Å². The summed E-state index contributed by atoms with van der Waals surface area (Å²) in [6, 6.07) is 22.9. The van der Waals surface area contributed by atoms with Crippen molar-refractivity contribution in [2.24, 2.45) is 5.92 Å². The normalized spacial score (nSPS) is 15.2. The fourth-order valence-corrected chi connectivity index (χ4v) is 4.59. The summed E-state index contributed by atoms with van der Waals surface area (Å²) in [5, 5.41) is 21.9. The summed E-state index contributed by atoms with van der Waals surface area (Å²) in [6.45, 7) is 7.46. The molecule has 0 radical (unpaired) electrons. The summed E-state index contributed by atoms with van der Waals surface area (Å²) in [7, 11) is 0. The van der Waals surface area contributed by atoms with Crippen molar-refractivity contribution in [3.63, 3.8) is 0 Å². The third-order valence-corrected chi connectivity index (χ3v) is 6.61. The average Bonchev–Trinajstić information content (AvgIpc) is 2.89. The predicted molar refractivity (Wildman–Crippen MR) is 137 cm³/mol. The third kappa shape index (κ3) is 4.59. The van der Waals surface area contributed by atoms with Gasteiger partial charge in [0.15, 0.2) is 5.82 Å². The summed E-state index contributed by atoms with van der Waals surface area (Å²) in [5.74, 6) is 2.08. The Morgan fingerprint density at radius 1 is 0.794 bits per heavy atom. The van der Waals surface area contributed by atoms with Gasteiger partial charge in [-0.05, 0) is 23.1 Å². The van der Waals surface area contributed by atoms with Gasteiger partial charge in [-0.2, -0.15) is 5.10 Å². The second-order valence-corrected chi connectivity index (χ2v) is 9.29. The molecule has 4 aromatic rings. The SMILES string of the molecule is CC(C)C(O)c1ccc(N2CCN(c3nnc(Cc4ccccc4)c4ccccc34)CC2)nc1. The number of nitrogens with zero attached hydrogens (tertiary/aromatic N) is 5. The first kappa shape index (κ1) is 22.3. The van der Waals surface area contributed by atoms with Crippen molar-refractivity contribution in [2.45, 2.75) is 26.4 Å². The number of piperazine rings is 1. The van der Waals surface area contributed by atoms with Gasteiger partial charge in [0.25, 0.3) is 0 Å². The van der Waals surface area contributed by atoms with Gasteiger partial charge in [-0.3, -0.25) is 0 Å². The topological polar surface area (TPSA) is 65.4 Å². The van der Waals surface area contributed by atoms with Crippen molar-refractivity contribution in [1.82, 2.24) is 15.2 Å². The standard InChI is InChI=1S/C28H31N5O/c1-20(2)27(34)22-12-13-26(29-19-22)32-14-16-33(17-15-32)28-24-11-7-6-10-23(24)25(30-31-28)18-21-8-4-3-5-9-21/h3-13,19-20,27,34H,14-18H2,1-2H3. The van der Waals surface area contributed by atoms with Gasteiger partial charge < -0.3 is 14.9 Å². The number of aliphatic hydroxyl groups is 1. The summed E-state index contributed by atoms with van der Waals surface area (Å²) in [4.78, 5) is 9.25. The number of aromatic nitrogens is 3. The first-order chi connectivity index (χ1) is 16.6. The van der Waals surface area contributed by atoms with E-state index in [9.17, 15) is 5.11 Å². The Labute approximate surface area is 200 Å². The molecule has 2 aromatic heterocycles. The minimum atomic E-state index is -0.477. The number of aliphatic hydroxyl groups excluding tert-OH is 1. The van der Waals surface area contributed by atoms with Crippen LogP contribution in [0.5, 0.6) is 0 Å². The summed E-state index contributed by atoms with van der Waals surface area (Å²) >= 11 is 0. The number of fused-ring (bicyclic) bond motifs is 1. The van der Waals surface area contributed by atoms with Crippen molar-refractivity contribution in [2.75, 3.05) is 36.0 Å². The van der Waals surface area contributed by atoms with Crippen LogP contribution < -0.4 is 9.80 Å². The van der Waals surface area contributed by atoms with Crippen LogP contribution in [0.1, 0.15) is 36.8 Å². The van der Waals surface area contributed by atoms with Gasteiger partial charge in [-0.1, -0.05) is 74.5 Å². The van der Waals surface area contributed by atoms with Crippen LogP contribution in [-0.2, 0) is 6.42 Å². The van der Waals surface area contributed by atoms with Gasteiger partial charge in [0, 0.05) is 49.6 Å². The molecule has 0 saturated carbocycles. The summed E-state index contributed by atoms with van der Waals surface area (Å²) in [5.41, 5.74) is 3.12. The molecule has 1 unspecified atom stereocenters. The highest BCUT2D eigenvalue weighted by Crippen LogP contribution is 2.29. The van der Waals surface area contributed by atoms with E-state index in [0.717, 1.165) is 60.9 Å². The maximum absolute atomic E-state index is 10.3. The van der Waals surface area contributed by atoms with Gasteiger partial charge in [0.2, 0.25) is 0 Å². The van der Waals surface area contributed by atoms with Crippen molar-refractivity contribution >= 4 is 22.4 Å². The fourth-order valence-electron chi connectivity index (χ4n) is 4.59. The number of benzene rings is 2. The number of hydrogen-bond acceptors (Lipinski definition) is 6. The van der Waals surface area contributed by atoms with Crippen LogP contribution in [0.15, 0.2) is 72.9 Å². The number of rotatable bonds is 6. The molecule has 1 aliphatic rings. The fraction of sp³-hybridized carbons (Fsp3) is 0.321. The Balaban J connectivity index is 1.32. The summed E-state index contributed by atoms with van der Waals surface area (Å²) < 4.78 is 0. The first-order valence-corrected chi connectivity index (χ1v) is 12.0. The van der Waals surface area contributed by atoms with Crippen LogP contribution in [-0.4, -0.2) is 46.5 Å². The van der Waals surface area contributed by atoms with E-state index in [2.05, 4.69) is 73.5 Å². The Hall–Kier alpha value is -3.51. The predicted octanol–water partition coefficient (Wildman–Crippen LogP) is 4.63. The van der Waals surface area contributed by atoms with E-state index < -0.39 is 6.10 Å². The molecule has 0 aliphatic carbocycles. The Morgan fingerprint density at radius 2 is 1.47 bits per heavy atom. The molecule has 1 fully saturated rings. The van der Waals surface area contributed by atoms with Crippen molar-refractivity contribution in [1.29, 1.82) is 0 Å². The molecular formula is C28H31N5O. The minimum absolute atomic E-state index is 0.172. The number of pyridine rings is 1. The zero-order valence-corrected chi connectivity index (χ0v) is 19.8. The van der Waals surface area contributed by atoms with Gasteiger partial charge in [-0.25, -0.2) is 4.98 Å². The van der Waals surface area contributed by atoms with Gasteiger partial charge in [0.05, 0.1) is 11.8 Å². The molecule has 2 aromatic carbocycles. The van der Waals surface area contributed by atoms with E-state index in [0.29, 0.717) is 0 Å². The van der Waals surface area contributed by atoms with Gasteiger partial charge >= 0.3 is 0 Å². The zero-order valence-electron chi connectivity index (χ0n) is 19.8. The molecule has 1 N–H and O–H groups in total. The van der Waals surface area contributed by atoms with Crippen molar-refractivity contribution in [3.05, 3.63) is 89.7 Å². The molecule has 6 nitrogen and oxygen atoms in total. The first-order valence-electron chi connectivity index (χ1n) is 12.0. The smallest absolute Gasteiger partial charge is 0.159 e. The van der Waals surface area contributed by atoms with E-state index in [-0.39, 0.29) is 5.92 Å². The highest BCUT2D eigenvalue weighted by Gasteiger charge is 2.22. The lowest BCUT2D eigenvalue weighted by atomic mass is 10.0. The van der Waals surface area contributed by atoms with Gasteiger partial charge in [0.1, 0.15) is 5.82 Å². The maximum atomic E-state index is 10.3. The molecule has 5 rings (SSSR count). The molecule has 0 bridgehead atoms. The maximum Gasteiger partial charge on any atom is 0.159 e. The van der Waals surface area contributed by atoms with Crippen LogP contribution >= 0.6 is 0 Å². The average molecular weight is 454 g/mol. The van der Waals surface area contributed by atoms with Gasteiger partial charge in [-0.15, -0.1) is 5.10 Å². The summed E-state index contributed by atoms with van der Waals surface area (Å²) in [6.07, 6.45) is 2.10. The molecular weight excluding hydrogens is 422 g/mol. The Morgan fingerprint density at radius 3 is 2.15 bits per heavy atom. The molecule has 174 valence electrons. The van der Waals surface area contributed by atoms with E-state index in [4.69, 9.17) is 0 Å². The monoisotopic (exact) mass is 453 g/mol. The number of anilines is 2. The Kier molecular flexibility index (Phi) is 6.41. The molecule has 1 atom stereocenters. The minimum Gasteiger partial charge on any atom is -0.388 e. The number of hydrogen-bond donors (Lipinski definition) is 1. The molecule has 34 heavy (non-hydrogen) atoms. The lowest BCUT2D eigenvalue weighted by Crippen LogP contribution is -2.47. The second kappa shape index (κ2) is 9.77. The highest BCUT2D eigenvalue weighted by atomic mass is 16.3. The molecule has 3 heterocycles. The van der Waals surface area contributed by atoms with Crippen LogP contribution in [0.3, 0.4) is 0 Å². The molecule has 0 spiro atoms. The molecule has 6 heteroatoms. The van der Waals surface area contributed by atoms with Crippen LogP contribution in [0.25, 0.3) is 10.8 Å². The lowest BCUT2D eigenvalue weighted by Gasteiger charge is -2.36. The molecule has 0 amide bonds. The van der Waals surface area contributed by atoms with Crippen LogP contribution in [0, 0.1) is 5.92 Å². The third-order valence-electron chi connectivity index (χ3n) is 6.61. The van der Waals surface area contributed by atoms with Crippen LogP contribution in [0.4, 0.5) is 11.6 Å². The second-order valence-electron chi connectivity index (χ2n) is 9.29. The molecule has 1 saturated heterocycles. The van der Waals surface area contributed by atoms with Crippen molar-refractivity contribution in [3.8, 4) is 0 Å². The highest BCUT2D eigenvalue weighted by molar-refractivity contribution is 5.93. The van der Waals surface area contributed by atoms with E-state index >= 15 is 0 Å². The lowest BCUT2D eigenvalue weighted by molar-refractivity contribution is 0.126. The van der Waals surface area contributed by atoms with E-state index in [1.54, 1.807) is 6.20 Å². The van der Waals surface area contributed by atoms with Crippen LogP contribution in [0.2, 0.25) is 0 Å². The largest absolute Gasteiger partial charge is 0.388 e. The van der Waals surface area contributed by atoms with E-state index in [1.807, 2.05) is 32.0 Å². The molecule has 1 aliphatic heterocycles.